The molecule has 0 unspecified atom stereocenters. The third-order valence-electron chi connectivity index (χ3n) is 3.18. The van der Waals surface area contributed by atoms with Crippen molar-refractivity contribution in [2.75, 3.05) is 18.4 Å². The third-order valence-corrected chi connectivity index (χ3v) is 3.51. The number of benzene rings is 1. The fourth-order valence-corrected chi connectivity index (χ4v) is 1.95. The van der Waals surface area contributed by atoms with Gasteiger partial charge in [0.05, 0.1) is 17.3 Å². The quantitative estimate of drug-likeness (QED) is 0.846. The number of carbonyl (C=O) groups is 2. The number of nitrogens with one attached hydrogen (secondary N) is 1. The van der Waals surface area contributed by atoms with Crippen LogP contribution in [0.3, 0.4) is 0 Å². The summed E-state index contributed by atoms with van der Waals surface area (Å²) < 4.78 is 0. The molecule has 0 heterocycles. The van der Waals surface area contributed by atoms with Gasteiger partial charge in [-0.05, 0) is 32.5 Å². The van der Waals surface area contributed by atoms with E-state index < -0.39 is 11.5 Å². The van der Waals surface area contributed by atoms with E-state index in [-0.39, 0.29) is 12.5 Å². The van der Waals surface area contributed by atoms with Crippen molar-refractivity contribution < 1.29 is 14.7 Å². The standard InChI is InChI=1S/C14H19ClN2O3/c1-4-17(14(2,3)13(19)20)9-12(18)16-11-8-6-5-7-10(11)15/h5-8H,4,9H2,1-3H3,(H,16,18)(H,19,20). The molecule has 110 valence electrons. The largest absolute Gasteiger partial charge is 0.480 e. The number of rotatable bonds is 6. The lowest BCUT2D eigenvalue weighted by atomic mass is 10.0. The zero-order valence-electron chi connectivity index (χ0n) is 11.8. The summed E-state index contributed by atoms with van der Waals surface area (Å²) in [6.07, 6.45) is 0. The molecule has 0 saturated carbocycles. The minimum Gasteiger partial charge on any atom is -0.480 e. The van der Waals surface area contributed by atoms with E-state index in [1.165, 1.54) is 0 Å². The van der Waals surface area contributed by atoms with Gasteiger partial charge in [-0.2, -0.15) is 0 Å². The Balaban J connectivity index is 2.74. The number of amides is 1. The van der Waals surface area contributed by atoms with E-state index in [0.717, 1.165) is 0 Å². The second-order valence-electron chi connectivity index (χ2n) is 4.91. The Morgan fingerprint density at radius 2 is 1.95 bits per heavy atom. The minimum absolute atomic E-state index is 0.0129. The smallest absolute Gasteiger partial charge is 0.323 e. The van der Waals surface area contributed by atoms with E-state index in [1.54, 1.807) is 43.0 Å². The summed E-state index contributed by atoms with van der Waals surface area (Å²) in [7, 11) is 0. The number of aliphatic carboxylic acids is 1. The summed E-state index contributed by atoms with van der Waals surface area (Å²) in [5.41, 5.74) is -0.588. The van der Waals surface area contributed by atoms with Gasteiger partial charge >= 0.3 is 5.97 Å². The predicted molar refractivity (Wildman–Crippen MR) is 79.0 cm³/mol. The van der Waals surface area contributed by atoms with Crippen molar-refractivity contribution in [2.45, 2.75) is 26.3 Å². The number of carboxylic acids is 1. The maximum Gasteiger partial charge on any atom is 0.323 e. The number of carboxylic acid groups (broad SMARTS) is 1. The first-order valence-corrected chi connectivity index (χ1v) is 6.69. The molecule has 5 nitrogen and oxygen atoms in total. The van der Waals surface area contributed by atoms with Crippen LogP contribution in [0.25, 0.3) is 0 Å². The maximum absolute atomic E-state index is 12.0. The molecule has 2 N–H and O–H groups in total. The molecule has 0 aliphatic rings. The van der Waals surface area contributed by atoms with E-state index in [2.05, 4.69) is 5.32 Å². The summed E-state index contributed by atoms with van der Waals surface area (Å²) in [6, 6.07) is 6.90. The van der Waals surface area contributed by atoms with Gasteiger partial charge in [-0.15, -0.1) is 0 Å². The molecular weight excluding hydrogens is 280 g/mol. The van der Waals surface area contributed by atoms with Crippen LogP contribution in [-0.2, 0) is 9.59 Å². The fourth-order valence-electron chi connectivity index (χ4n) is 1.77. The van der Waals surface area contributed by atoms with Crippen molar-refractivity contribution >= 4 is 29.2 Å². The number of halogens is 1. The predicted octanol–water partition coefficient (Wildman–Crippen LogP) is 2.46. The molecule has 1 aromatic rings. The summed E-state index contributed by atoms with van der Waals surface area (Å²) in [4.78, 5) is 24.8. The summed E-state index contributed by atoms with van der Waals surface area (Å²) in [6.45, 7) is 5.40. The molecule has 1 amide bonds. The normalized spacial score (nSPS) is 11.4. The number of para-hydroxylation sites is 1. The second kappa shape index (κ2) is 6.72. The second-order valence-corrected chi connectivity index (χ2v) is 5.31. The van der Waals surface area contributed by atoms with Gasteiger partial charge in [0, 0.05) is 0 Å². The number of anilines is 1. The third kappa shape index (κ3) is 3.95. The van der Waals surface area contributed by atoms with Crippen LogP contribution in [0.1, 0.15) is 20.8 Å². The van der Waals surface area contributed by atoms with Crippen LogP contribution in [0.4, 0.5) is 5.69 Å². The van der Waals surface area contributed by atoms with E-state index in [0.29, 0.717) is 17.3 Å². The molecule has 0 bridgehead atoms. The lowest BCUT2D eigenvalue weighted by molar-refractivity contribution is -0.149. The van der Waals surface area contributed by atoms with Crippen LogP contribution in [-0.4, -0.2) is 40.5 Å². The molecule has 1 aromatic carbocycles. The molecule has 1 rings (SSSR count). The Morgan fingerprint density at radius 1 is 1.35 bits per heavy atom. The lowest BCUT2D eigenvalue weighted by Gasteiger charge is -2.33. The maximum atomic E-state index is 12.0. The first-order valence-electron chi connectivity index (χ1n) is 6.31. The fraction of sp³-hybridized carbons (Fsp3) is 0.429. The SMILES string of the molecule is CCN(CC(=O)Nc1ccccc1Cl)C(C)(C)C(=O)O. The molecule has 6 heteroatoms. The lowest BCUT2D eigenvalue weighted by Crippen LogP contribution is -2.52. The van der Waals surface area contributed by atoms with Crippen LogP contribution in [0.5, 0.6) is 0 Å². The van der Waals surface area contributed by atoms with Crippen LogP contribution in [0.2, 0.25) is 5.02 Å². The molecule has 0 fully saturated rings. The minimum atomic E-state index is -1.10. The number of hydrogen-bond donors (Lipinski definition) is 2. The molecule has 0 aliphatic carbocycles. The highest BCUT2D eigenvalue weighted by molar-refractivity contribution is 6.33. The molecular formula is C14H19ClN2O3. The highest BCUT2D eigenvalue weighted by Gasteiger charge is 2.34. The molecule has 0 atom stereocenters. The van der Waals surface area contributed by atoms with Crippen molar-refractivity contribution in [1.82, 2.24) is 4.90 Å². The number of hydrogen-bond acceptors (Lipinski definition) is 3. The Bertz CT molecular complexity index is 503. The average molecular weight is 299 g/mol. The Hall–Kier alpha value is -1.59. The van der Waals surface area contributed by atoms with E-state index in [4.69, 9.17) is 11.6 Å². The van der Waals surface area contributed by atoms with Gasteiger partial charge in [0.25, 0.3) is 0 Å². The molecule has 0 aliphatic heterocycles. The highest BCUT2D eigenvalue weighted by atomic mass is 35.5. The van der Waals surface area contributed by atoms with Gasteiger partial charge < -0.3 is 10.4 Å². The zero-order chi connectivity index (χ0) is 15.3. The van der Waals surface area contributed by atoms with Gasteiger partial charge in [0.2, 0.25) is 5.91 Å². The van der Waals surface area contributed by atoms with Crippen LogP contribution in [0, 0.1) is 0 Å². The Kier molecular flexibility index (Phi) is 5.53. The van der Waals surface area contributed by atoms with Gasteiger partial charge in [-0.25, -0.2) is 0 Å². The molecule has 0 saturated heterocycles. The average Bonchev–Trinajstić information content (AvgIpc) is 2.38. The zero-order valence-corrected chi connectivity index (χ0v) is 12.6. The van der Waals surface area contributed by atoms with Crippen LogP contribution >= 0.6 is 11.6 Å². The van der Waals surface area contributed by atoms with Crippen molar-refractivity contribution in [3.05, 3.63) is 29.3 Å². The topological polar surface area (TPSA) is 69.6 Å². The Labute approximate surface area is 123 Å². The first kappa shape index (κ1) is 16.5. The number of nitrogens with zero attached hydrogens (tertiary/aromatic N) is 1. The van der Waals surface area contributed by atoms with Gasteiger partial charge in [-0.1, -0.05) is 30.7 Å². The van der Waals surface area contributed by atoms with Gasteiger partial charge in [-0.3, -0.25) is 14.5 Å². The van der Waals surface area contributed by atoms with Crippen molar-refractivity contribution in [3.63, 3.8) is 0 Å². The van der Waals surface area contributed by atoms with Gasteiger partial charge in [0.1, 0.15) is 5.54 Å². The monoisotopic (exact) mass is 298 g/mol. The number of carbonyl (C=O) groups excluding carboxylic acids is 1. The van der Waals surface area contributed by atoms with E-state index >= 15 is 0 Å². The van der Waals surface area contributed by atoms with Crippen molar-refractivity contribution in [1.29, 1.82) is 0 Å². The van der Waals surface area contributed by atoms with Crippen LogP contribution < -0.4 is 5.32 Å². The van der Waals surface area contributed by atoms with Crippen LogP contribution in [0.15, 0.2) is 24.3 Å². The summed E-state index contributed by atoms with van der Waals surface area (Å²) >= 11 is 5.96. The Morgan fingerprint density at radius 3 is 2.45 bits per heavy atom. The highest BCUT2D eigenvalue weighted by Crippen LogP contribution is 2.21. The number of likely N-dealkylation sites (N-methyl/N-ethyl adjacent to an activating group) is 1. The van der Waals surface area contributed by atoms with E-state index in [9.17, 15) is 14.7 Å². The van der Waals surface area contributed by atoms with E-state index in [1.807, 2.05) is 6.92 Å². The van der Waals surface area contributed by atoms with Gasteiger partial charge in [0.15, 0.2) is 0 Å². The first-order chi connectivity index (χ1) is 9.28. The molecule has 0 spiro atoms. The summed E-state index contributed by atoms with van der Waals surface area (Å²) in [5.74, 6) is -1.26. The van der Waals surface area contributed by atoms with Crippen molar-refractivity contribution in [3.8, 4) is 0 Å². The molecule has 0 aromatic heterocycles. The van der Waals surface area contributed by atoms with Crippen molar-refractivity contribution in [2.24, 2.45) is 0 Å². The molecule has 0 radical (unpaired) electrons. The summed E-state index contributed by atoms with van der Waals surface area (Å²) in [5, 5.41) is 12.3. The molecule has 20 heavy (non-hydrogen) atoms.